The van der Waals surface area contributed by atoms with Crippen LogP contribution in [0.2, 0.25) is 5.02 Å². The summed E-state index contributed by atoms with van der Waals surface area (Å²) in [5.74, 6) is -0.00741. The minimum atomic E-state index is -0.497. The summed E-state index contributed by atoms with van der Waals surface area (Å²) in [7, 11) is 0. The average molecular weight is 281 g/mol. The molecule has 6 heteroatoms. The SMILES string of the molecule is O=c1oc(CO)nn1[C@H]1C[C@H](c2ccc(Cl)cc2)C1. The van der Waals surface area contributed by atoms with Crippen molar-refractivity contribution in [3.63, 3.8) is 0 Å². The molecule has 0 aliphatic heterocycles. The van der Waals surface area contributed by atoms with Crippen LogP contribution in [0.5, 0.6) is 0 Å². The predicted molar refractivity (Wildman–Crippen MR) is 69.1 cm³/mol. The summed E-state index contributed by atoms with van der Waals surface area (Å²) in [4.78, 5) is 11.5. The van der Waals surface area contributed by atoms with Gasteiger partial charge in [0, 0.05) is 5.02 Å². The van der Waals surface area contributed by atoms with Crippen molar-refractivity contribution >= 4 is 11.6 Å². The minimum absolute atomic E-state index is 0.0530. The second-order valence-electron chi connectivity index (χ2n) is 4.74. The standard InChI is InChI=1S/C13H13ClN2O3/c14-10-3-1-8(2-4-10)9-5-11(6-9)16-13(18)19-12(7-17)15-16/h1-4,9,11,17H,5-7H2/t9-,11-. The molecule has 0 spiro atoms. The number of rotatable bonds is 3. The van der Waals surface area contributed by atoms with Crippen LogP contribution in [0.1, 0.15) is 36.3 Å². The third-order valence-electron chi connectivity index (χ3n) is 3.55. The Kier molecular flexibility index (Phi) is 3.16. The lowest BCUT2D eigenvalue weighted by Crippen LogP contribution is -2.31. The third-order valence-corrected chi connectivity index (χ3v) is 3.80. The topological polar surface area (TPSA) is 68.3 Å². The largest absolute Gasteiger partial charge is 0.437 e. The van der Waals surface area contributed by atoms with Crippen LogP contribution in [-0.2, 0) is 6.61 Å². The number of aromatic nitrogens is 2. The van der Waals surface area contributed by atoms with Crippen LogP contribution in [0.3, 0.4) is 0 Å². The van der Waals surface area contributed by atoms with Gasteiger partial charge in [-0.3, -0.25) is 0 Å². The maximum Gasteiger partial charge on any atom is 0.437 e. The molecule has 0 saturated heterocycles. The highest BCUT2D eigenvalue weighted by atomic mass is 35.5. The summed E-state index contributed by atoms with van der Waals surface area (Å²) >= 11 is 5.85. The van der Waals surface area contributed by atoms with E-state index in [0.717, 1.165) is 17.9 Å². The molecule has 1 aromatic heterocycles. The highest BCUT2D eigenvalue weighted by Crippen LogP contribution is 2.43. The molecule has 1 aliphatic rings. The molecule has 0 atom stereocenters. The first-order valence-corrected chi connectivity index (χ1v) is 6.50. The van der Waals surface area contributed by atoms with Crippen molar-refractivity contribution in [1.29, 1.82) is 0 Å². The summed E-state index contributed by atoms with van der Waals surface area (Å²) in [6.07, 6.45) is 1.69. The Bertz CT molecular complexity index is 626. The first kappa shape index (κ1) is 12.4. The molecule has 0 amide bonds. The molecule has 1 aliphatic carbocycles. The molecule has 19 heavy (non-hydrogen) atoms. The first-order valence-electron chi connectivity index (χ1n) is 6.12. The van der Waals surface area contributed by atoms with Crippen LogP contribution in [0.4, 0.5) is 0 Å². The number of aliphatic hydroxyl groups is 1. The maximum atomic E-state index is 11.5. The Morgan fingerprint density at radius 1 is 1.37 bits per heavy atom. The molecule has 0 radical (unpaired) electrons. The van der Waals surface area contributed by atoms with E-state index in [4.69, 9.17) is 21.1 Å². The third kappa shape index (κ3) is 2.31. The van der Waals surface area contributed by atoms with Crippen molar-refractivity contribution in [2.45, 2.75) is 31.4 Å². The fourth-order valence-corrected chi connectivity index (χ4v) is 2.54. The number of nitrogens with zero attached hydrogens (tertiary/aromatic N) is 2. The van der Waals surface area contributed by atoms with Crippen molar-refractivity contribution in [3.05, 3.63) is 51.3 Å². The lowest BCUT2D eigenvalue weighted by molar-refractivity contribution is 0.232. The molecule has 0 bridgehead atoms. The molecular weight excluding hydrogens is 268 g/mol. The molecule has 1 aromatic carbocycles. The monoisotopic (exact) mass is 280 g/mol. The summed E-state index contributed by atoms with van der Waals surface area (Å²) in [5.41, 5.74) is 1.22. The van der Waals surface area contributed by atoms with E-state index in [1.807, 2.05) is 24.3 Å². The van der Waals surface area contributed by atoms with Crippen LogP contribution in [0, 0.1) is 0 Å². The Hall–Kier alpha value is -1.59. The molecule has 3 rings (SSSR count). The van der Waals surface area contributed by atoms with E-state index in [1.54, 1.807) is 0 Å². The van der Waals surface area contributed by atoms with Crippen LogP contribution in [-0.4, -0.2) is 14.9 Å². The predicted octanol–water partition coefficient (Wildman–Crippen LogP) is 2.10. The van der Waals surface area contributed by atoms with E-state index < -0.39 is 5.76 Å². The number of hydrogen-bond acceptors (Lipinski definition) is 4. The van der Waals surface area contributed by atoms with Crippen LogP contribution in [0.15, 0.2) is 33.5 Å². The molecule has 5 nitrogen and oxygen atoms in total. The van der Waals surface area contributed by atoms with Crippen LogP contribution < -0.4 is 5.76 Å². The van der Waals surface area contributed by atoms with E-state index in [1.165, 1.54) is 10.2 Å². The van der Waals surface area contributed by atoms with E-state index in [2.05, 4.69) is 5.10 Å². The maximum absolute atomic E-state index is 11.5. The zero-order chi connectivity index (χ0) is 13.4. The van der Waals surface area contributed by atoms with E-state index in [0.29, 0.717) is 5.92 Å². The smallest absolute Gasteiger partial charge is 0.390 e. The summed E-state index contributed by atoms with van der Waals surface area (Å²) in [6, 6.07) is 7.81. The fraction of sp³-hybridized carbons (Fsp3) is 0.385. The molecular formula is C13H13ClN2O3. The number of halogens is 1. The molecule has 1 N–H and O–H groups in total. The Morgan fingerprint density at radius 3 is 2.63 bits per heavy atom. The fourth-order valence-electron chi connectivity index (χ4n) is 2.42. The average Bonchev–Trinajstić information content (AvgIpc) is 2.72. The van der Waals surface area contributed by atoms with Crippen molar-refractivity contribution in [2.75, 3.05) is 0 Å². The molecule has 0 unspecified atom stereocenters. The Balaban J connectivity index is 1.71. The van der Waals surface area contributed by atoms with Gasteiger partial charge in [-0.1, -0.05) is 23.7 Å². The van der Waals surface area contributed by atoms with Crippen molar-refractivity contribution in [1.82, 2.24) is 9.78 Å². The van der Waals surface area contributed by atoms with E-state index in [9.17, 15) is 4.79 Å². The number of benzene rings is 1. The lowest BCUT2D eigenvalue weighted by Gasteiger charge is -2.34. The van der Waals surface area contributed by atoms with E-state index in [-0.39, 0.29) is 18.5 Å². The van der Waals surface area contributed by atoms with Gasteiger partial charge in [-0.05, 0) is 36.5 Å². The second kappa shape index (κ2) is 4.83. The number of aliphatic hydroxyl groups excluding tert-OH is 1. The highest BCUT2D eigenvalue weighted by Gasteiger charge is 2.34. The van der Waals surface area contributed by atoms with Gasteiger partial charge in [0.25, 0.3) is 0 Å². The Morgan fingerprint density at radius 2 is 2.05 bits per heavy atom. The molecule has 1 saturated carbocycles. The molecule has 2 aromatic rings. The lowest BCUT2D eigenvalue weighted by atomic mass is 9.76. The minimum Gasteiger partial charge on any atom is -0.390 e. The van der Waals surface area contributed by atoms with Gasteiger partial charge in [0.15, 0.2) is 0 Å². The van der Waals surface area contributed by atoms with Gasteiger partial charge >= 0.3 is 5.76 Å². The van der Waals surface area contributed by atoms with Gasteiger partial charge in [0.2, 0.25) is 5.89 Å². The van der Waals surface area contributed by atoms with Crippen molar-refractivity contribution < 1.29 is 9.52 Å². The first-order chi connectivity index (χ1) is 9.17. The van der Waals surface area contributed by atoms with Gasteiger partial charge in [-0.2, -0.15) is 4.68 Å². The normalized spacial score (nSPS) is 22.2. The summed E-state index contributed by atoms with van der Waals surface area (Å²) in [5, 5.41) is 13.6. The Labute approximate surface area is 114 Å². The van der Waals surface area contributed by atoms with Crippen molar-refractivity contribution in [2.24, 2.45) is 0 Å². The van der Waals surface area contributed by atoms with Gasteiger partial charge in [0.05, 0.1) is 6.04 Å². The molecule has 1 fully saturated rings. The molecule has 1 heterocycles. The quantitative estimate of drug-likeness (QED) is 0.935. The highest BCUT2D eigenvalue weighted by molar-refractivity contribution is 6.30. The van der Waals surface area contributed by atoms with Gasteiger partial charge in [-0.15, -0.1) is 5.10 Å². The second-order valence-corrected chi connectivity index (χ2v) is 5.17. The van der Waals surface area contributed by atoms with Gasteiger partial charge in [0.1, 0.15) is 6.61 Å². The molecule has 100 valence electrons. The van der Waals surface area contributed by atoms with Crippen LogP contribution in [0.25, 0.3) is 0 Å². The van der Waals surface area contributed by atoms with Crippen molar-refractivity contribution in [3.8, 4) is 0 Å². The van der Waals surface area contributed by atoms with Gasteiger partial charge < -0.3 is 9.52 Å². The zero-order valence-corrected chi connectivity index (χ0v) is 10.9. The zero-order valence-electron chi connectivity index (χ0n) is 10.1. The van der Waals surface area contributed by atoms with Crippen LogP contribution >= 0.6 is 11.6 Å². The summed E-state index contributed by atoms with van der Waals surface area (Å²) in [6.45, 7) is -0.352. The van der Waals surface area contributed by atoms with E-state index >= 15 is 0 Å². The number of hydrogen-bond donors (Lipinski definition) is 1. The summed E-state index contributed by atoms with van der Waals surface area (Å²) < 4.78 is 6.14. The van der Waals surface area contributed by atoms with Gasteiger partial charge in [-0.25, -0.2) is 4.79 Å².